The van der Waals surface area contributed by atoms with Crippen LogP contribution in [0.1, 0.15) is 28.7 Å². The molecular formula is C21H22INO3. The molecule has 0 aliphatic rings. The van der Waals surface area contributed by atoms with Gasteiger partial charge < -0.3 is 33.5 Å². The van der Waals surface area contributed by atoms with E-state index in [2.05, 4.69) is 11.5 Å². The summed E-state index contributed by atoms with van der Waals surface area (Å²) in [4.78, 5) is 12.6. The Morgan fingerprint density at radius 1 is 0.962 bits per heavy atom. The van der Waals surface area contributed by atoms with Crippen LogP contribution in [0.3, 0.4) is 0 Å². The number of carbonyl (C=O) groups is 1. The lowest BCUT2D eigenvalue weighted by Crippen LogP contribution is -3.00. The van der Waals surface area contributed by atoms with Gasteiger partial charge in [0.2, 0.25) is 5.69 Å². The second-order valence-corrected chi connectivity index (χ2v) is 5.85. The van der Waals surface area contributed by atoms with E-state index in [9.17, 15) is 4.79 Å². The summed E-state index contributed by atoms with van der Waals surface area (Å²) in [5, 5.41) is 1.95. The standard InChI is InChI=1S/C21H22NO3.HI/c1-5-25-21(23)20-15(3)22(16-10-12-17(24-4)13-11-16)14(2)18-8-6-7-9-19(18)20;/h6-13H,5H2,1-4H3;1H/q+1;/p-1. The molecule has 0 spiro atoms. The van der Waals surface area contributed by atoms with Crippen molar-refractivity contribution in [3.05, 3.63) is 65.5 Å². The van der Waals surface area contributed by atoms with E-state index in [0.29, 0.717) is 12.2 Å². The minimum Gasteiger partial charge on any atom is -1.00 e. The van der Waals surface area contributed by atoms with Crippen LogP contribution in [0.5, 0.6) is 5.75 Å². The third-order valence-corrected chi connectivity index (χ3v) is 4.43. The third kappa shape index (κ3) is 3.53. The highest BCUT2D eigenvalue weighted by Crippen LogP contribution is 2.25. The fourth-order valence-corrected chi connectivity index (χ4v) is 3.27. The van der Waals surface area contributed by atoms with Crippen molar-refractivity contribution in [2.24, 2.45) is 0 Å². The number of esters is 1. The molecule has 0 atom stereocenters. The van der Waals surface area contributed by atoms with Gasteiger partial charge in [0.25, 0.3) is 0 Å². The van der Waals surface area contributed by atoms with Gasteiger partial charge in [-0.05, 0) is 25.1 Å². The molecule has 0 N–H and O–H groups in total. The number of ether oxygens (including phenoxy) is 2. The second kappa shape index (κ2) is 8.49. The van der Waals surface area contributed by atoms with E-state index in [4.69, 9.17) is 9.47 Å². The number of rotatable bonds is 4. The Balaban J connectivity index is 0.00000243. The molecule has 0 radical (unpaired) electrons. The molecule has 0 saturated heterocycles. The predicted octanol–water partition coefficient (Wildman–Crippen LogP) is 0.923. The van der Waals surface area contributed by atoms with Crippen molar-refractivity contribution in [2.45, 2.75) is 20.8 Å². The Labute approximate surface area is 170 Å². The van der Waals surface area contributed by atoms with E-state index >= 15 is 0 Å². The van der Waals surface area contributed by atoms with E-state index in [1.165, 1.54) is 0 Å². The zero-order chi connectivity index (χ0) is 18.0. The van der Waals surface area contributed by atoms with Gasteiger partial charge in [-0.15, -0.1) is 0 Å². The van der Waals surface area contributed by atoms with Crippen LogP contribution in [0.2, 0.25) is 0 Å². The molecule has 0 saturated carbocycles. The van der Waals surface area contributed by atoms with Crippen LogP contribution >= 0.6 is 0 Å². The number of nitrogens with zero attached hydrogens (tertiary/aromatic N) is 1. The van der Waals surface area contributed by atoms with Crippen LogP contribution in [-0.2, 0) is 4.74 Å². The van der Waals surface area contributed by atoms with Gasteiger partial charge in [0.1, 0.15) is 11.3 Å². The van der Waals surface area contributed by atoms with Crippen LogP contribution in [0.4, 0.5) is 0 Å². The highest BCUT2D eigenvalue weighted by Gasteiger charge is 2.27. The number of methoxy groups -OCH3 is 1. The van der Waals surface area contributed by atoms with Gasteiger partial charge >= 0.3 is 5.97 Å². The monoisotopic (exact) mass is 463 g/mol. The number of benzene rings is 2. The van der Waals surface area contributed by atoms with Crippen molar-refractivity contribution in [1.29, 1.82) is 0 Å². The van der Waals surface area contributed by atoms with Crippen molar-refractivity contribution < 1.29 is 42.8 Å². The van der Waals surface area contributed by atoms with Gasteiger partial charge in [-0.3, -0.25) is 0 Å². The average Bonchev–Trinajstić information content (AvgIpc) is 2.63. The Bertz CT molecular complexity index is 936. The molecule has 1 aromatic heterocycles. The van der Waals surface area contributed by atoms with Gasteiger partial charge in [0.15, 0.2) is 11.4 Å². The Kier molecular flexibility index (Phi) is 6.58. The van der Waals surface area contributed by atoms with Gasteiger partial charge in [0.05, 0.1) is 19.1 Å². The van der Waals surface area contributed by atoms with Crippen LogP contribution in [0, 0.1) is 13.8 Å². The molecule has 136 valence electrons. The average molecular weight is 463 g/mol. The molecule has 5 heteroatoms. The number of halogens is 1. The quantitative estimate of drug-likeness (QED) is 0.329. The molecule has 4 nitrogen and oxygen atoms in total. The third-order valence-electron chi connectivity index (χ3n) is 4.43. The van der Waals surface area contributed by atoms with E-state index in [1.54, 1.807) is 7.11 Å². The molecule has 0 aliphatic heterocycles. The fourth-order valence-electron chi connectivity index (χ4n) is 3.27. The summed E-state index contributed by atoms with van der Waals surface area (Å²) in [7, 11) is 1.65. The summed E-state index contributed by atoms with van der Waals surface area (Å²) in [5.74, 6) is 0.504. The molecule has 0 unspecified atom stereocenters. The van der Waals surface area contributed by atoms with Crippen LogP contribution in [-0.4, -0.2) is 19.7 Å². The minimum atomic E-state index is -0.293. The van der Waals surface area contributed by atoms with Gasteiger partial charge in [-0.25, -0.2) is 4.79 Å². The van der Waals surface area contributed by atoms with Gasteiger partial charge in [-0.1, -0.05) is 18.2 Å². The van der Waals surface area contributed by atoms with E-state index in [-0.39, 0.29) is 29.9 Å². The molecule has 1 heterocycles. The summed E-state index contributed by atoms with van der Waals surface area (Å²) in [6.07, 6.45) is 0. The van der Waals surface area contributed by atoms with Crippen LogP contribution in [0.25, 0.3) is 16.5 Å². The maximum absolute atomic E-state index is 12.6. The number of aromatic nitrogens is 1. The summed E-state index contributed by atoms with van der Waals surface area (Å²) in [6, 6.07) is 15.7. The first-order valence-electron chi connectivity index (χ1n) is 8.34. The molecule has 0 amide bonds. The van der Waals surface area contributed by atoms with E-state index in [1.807, 2.05) is 62.4 Å². The lowest BCUT2D eigenvalue weighted by atomic mass is 10.0. The molecule has 0 fully saturated rings. The van der Waals surface area contributed by atoms with E-state index < -0.39 is 0 Å². The maximum atomic E-state index is 12.6. The Morgan fingerprint density at radius 2 is 1.58 bits per heavy atom. The SMILES string of the molecule is CCOC(=O)c1c(C)[n+](-c2ccc(OC)cc2)c(C)c2ccccc12.[I-]. The minimum absolute atomic E-state index is 0. The Hall–Kier alpha value is -2.15. The highest BCUT2D eigenvalue weighted by molar-refractivity contribution is 6.05. The Morgan fingerprint density at radius 3 is 2.15 bits per heavy atom. The first kappa shape index (κ1) is 20.2. The number of hydrogen-bond acceptors (Lipinski definition) is 3. The zero-order valence-corrected chi connectivity index (χ0v) is 17.5. The lowest BCUT2D eigenvalue weighted by molar-refractivity contribution is -0.608. The first-order chi connectivity index (χ1) is 12.1. The van der Waals surface area contributed by atoms with Crippen molar-refractivity contribution >= 4 is 16.7 Å². The lowest BCUT2D eigenvalue weighted by Gasteiger charge is -2.12. The number of carbonyl (C=O) groups excluding carboxylic acids is 1. The molecule has 3 aromatic rings. The summed E-state index contributed by atoms with van der Waals surface area (Å²) >= 11 is 0. The van der Waals surface area contributed by atoms with Gasteiger partial charge in [-0.2, -0.15) is 4.57 Å². The highest BCUT2D eigenvalue weighted by atomic mass is 127. The molecule has 26 heavy (non-hydrogen) atoms. The molecule has 0 bridgehead atoms. The number of hydrogen-bond donors (Lipinski definition) is 0. The molecule has 3 rings (SSSR count). The number of pyridine rings is 1. The molecule has 0 aliphatic carbocycles. The van der Waals surface area contributed by atoms with Crippen LogP contribution in [0.15, 0.2) is 48.5 Å². The van der Waals surface area contributed by atoms with Crippen molar-refractivity contribution in [3.8, 4) is 11.4 Å². The largest absolute Gasteiger partial charge is 1.00 e. The van der Waals surface area contributed by atoms with E-state index in [0.717, 1.165) is 33.6 Å². The van der Waals surface area contributed by atoms with Gasteiger partial charge in [0, 0.05) is 31.4 Å². The summed E-state index contributed by atoms with van der Waals surface area (Å²) < 4.78 is 12.6. The molecule has 2 aromatic carbocycles. The normalized spacial score (nSPS) is 10.3. The first-order valence-corrected chi connectivity index (χ1v) is 8.34. The molecular weight excluding hydrogens is 441 g/mol. The van der Waals surface area contributed by atoms with Crippen molar-refractivity contribution in [1.82, 2.24) is 0 Å². The summed E-state index contributed by atoms with van der Waals surface area (Å²) in [5.41, 5.74) is 3.53. The number of fused-ring (bicyclic) bond motifs is 1. The predicted molar refractivity (Wildman–Crippen MR) is 97.5 cm³/mol. The topological polar surface area (TPSA) is 39.4 Å². The van der Waals surface area contributed by atoms with Crippen LogP contribution < -0.4 is 33.3 Å². The maximum Gasteiger partial charge on any atom is 0.345 e. The zero-order valence-electron chi connectivity index (χ0n) is 15.4. The second-order valence-electron chi connectivity index (χ2n) is 5.85. The number of aryl methyl sites for hydroxylation is 1. The smallest absolute Gasteiger partial charge is 0.345 e. The summed E-state index contributed by atoms with van der Waals surface area (Å²) in [6.45, 7) is 6.19. The fraction of sp³-hybridized carbons (Fsp3) is 0.238. The van der Waals surface area contributed by atoms with Crippen molar-refractivity contribution in [2.75, 3.05) is 13.7 Å². The van der Waals surface area contributed by atoms with Crippen molar-refractivity contribution in [3.63, 3.8) is 0 Å².